The fourth-order valence-corrected chi connectivity index (χ4v) is 13.1. The maximum absolute atomic E-state index is 6.91. The summed E-state index contributed by atoms with van der Waals surface area (Å²) in [6.45, 7) is 25.6. The molecule has 334 valence electrons. The van der Waals surface area contributed by atoms with Crippen LogP contribution in [-0.2, 0) is 21.7 Å². The Morgan fingerprint density at radius 1 is 0.559 bits per heavy atom. The molecule has 3 nitrogen and oxygen atoms in total. The molecule has 5 heteroatoms. The zero-order valence-electron chi connectivity index (χ0n) is 41.2. The Morgan fingerprint density at radius 2 is 1.24 bits per heavy atom. The van der Waals surface area contributed by atoms with Crippen LogP contribution in [0.3, 0.4) is 0 Å². The predicted molar refractivity (Wildman–Crippen MR) is 296 cm³/mol. The number of fused-ring (bicyclic) bond motifs is 15. The van der Waals surface area contributed by atoms with E-state index in [0.717, 1.165) is 40.6 Å². The molecule has 1 aliphatic heterocycles. The summed E-state index contributed by atoms with van der Waals surface area (Å²) in [6.07, 6.45) is 0. The minimum Gasteiger partial charge on any atom is -0.456 e. The van der Waals surface area contributed by atoms with Crippen LogP contribution in [0.4, 0.5) is 11.4 Å². The number of thiophene rings is 1. The third kappa shape index (κ3) is 5.90. The molecule has 3 aromatic heterocycles. The van der Waals surface area contributed by atoms with Gasteiger partial charge in [0.1, 0.15) is 11.2 Å². The Labute approximate surface area is 404 Å². The second kappa shape index (κ2) is 13.8. The molecule has 4 heterocycles. The topological polar surface area (TPSA) is 30.1 Å². The molecule has 1 N–H and O–H groups in total. The van der Waals surface area contributed by atoms with E-state index in [1.807, 2.05) is 11.3 Å². The minimum absolute atomic E-state index is 0.00758. The van der Waals surface area contributed by atoms with Gasteiger partial charge in [-0.05, 0) is 120 Å². The Bertz CT molecular complexity index is 3990. The molecule has 0 atom stereocenters. The molecule has 0 unspecified atom stereocenters. The van der Waals surface area contributed by atoms with Crippen molar-refractivity contribution >= 4 is 105 Å². The van der Waals surface area contributed by atoms with E-state index in [4.69, 9.17) is 4.42 Å². The first-order chi connectivity index (χ1) is 32.3. The quantitative estimate of drug-likeness (QED) is 0.179. The summed E-state index contributed by atoms with van der Waals surface area (Å²) in [5.41, 5.74) is 22.2. The zero-order chi connectivity index (χ0) is 47.0. The molecule has 0 amide bonds. The number of nitrogens with one attached hydrogen (secondary N) is 1. The number of rotatable bonds is 3. The second-order valence-corrected chi connectivity index (χ2v) is 24.6. The van der Waals surface area contributed by atoms with E-state index in [2.05, 4.69) is 220 Å². The molecule has 0 radical (unpaired) electrons. The van der Waals surface area contributed by atoms with E-state index in [0.29, 0.717) is 0 Å². The lowest BCUT2D eigenvalue weighted by molar-refractivity contribution is 0.587. The molecule has 13 rings (SSSR count). The van der Waals surface area contributed by atoms with Gasteiger partial charge in [0.05, 0.1) is 11.2 Å². The lowest BCUT2D eigenvalue weighted by atomic mass is 9.57. The SMILES string of the molecule is CC(C)(C)c1ccc(Nc2cc3oc4cc(C(C)(C)C)ccc4c3cc2-c2c3c(c4c5cc(C(C)(C)C)ccc5n5c4c2Bc2cc4c(cc2-5)sc2ccccc24)C(C)(C)c2ccccc2-3)cc1. The minimum atomic E-state index is -0.280. The first kappa shape index (κ1) is 41.6. The Hall–Kier alpha value is -6.56. The molecule has 11 aromatic rings. The highest BCUT2D eigenvalue weighted by atomic mass is 32.1. The van der Waals surface area contributed by atoms with Crippen LogP contribution in [0, 0.1) is 0 Å². The second-order valence-electron chi connectivity index (χ2n) is 23.5. The number of hydrogen-bond donors (Lipinski definition) is 1. The Morgan fingerprint density at radius 3 is 2.00 bits per heavy atom. The van der Waals surface area contributed by atoms with Crippen molar-refractivity contribution in [3.05, 3.63) is 161 Å². The van der Waals surface area contributed by atoms with Crippen molar-refractivity contribution in [3.8, 4) is 27.9 Å². The first-order valence-electron chi connectivity index (χ1n) is 24.5. The van der Waals surface area contributed by atoms with Crippen LogP contribution >= 0.6 is 11.3 Å². The maximum atomic E-state index is 6.91. The molecule has 0 saturated carbocycles. The van der Waals surface area contributed by atoms with Crippen LogP contribution in [-0.4, -0.2) is 11.8 Å². The number of nitrogens with zero attached hydrogens (tertiary/aromatic N) is 1. The van der Waals surface area contributed by atoms with Crippen molar-refractivity contribution in [2.75, 3.05) is 5.32 Å². The molecule has 8 aromatic carbocycles. The summed E-state index contributed by atoms with van der Waals surface area (Å²) >= 11 is 1.91. The summed E-state index contributed by atoms with van der Waals surface area (Å²) in [4.78, 5) is 0. The van der Waals surface area contributed by atoms with Crippen molar-refractivity contribution < 1.29 is 4.42 Å². The third-order valence-corrected chi connectivity index (χ3v) is 16.8. The third-order valence-electron chi connectivity index (χ3n) is 15.6. The van der Waals surface area contributed by atoms with Crippen molar-refractivity contribution in [2.45, 2.75) is 97.8 Å². The lowest BCUT2D eigenvalue weighted by Gasteiger charge is -2.29. The van der Waals surface area contributed by atoms with Crippen LogP contribution in [0.25, 0.3) is 91.9 Å². The average Bonchev–Trinajstić information content (AvgIpc) is 4.01. The molecular formula is C63H57BN2OS. The smallest absolute Gasteiger partial charge is 0.198 e. The van der Waals surface area contributed by atoms with Gasteiger partial charge in [-0.2, -0.15) is 0 Å². The van der Waals surface area contributed by atoms with Gasteiger partial charge in [-0.15, -0.1) is 11.3 Å². The molecule has 68 heavy (non-hydrogen) atoms. The Kier molecular flexibility index (Phi) is 8.44. The van der Waals surface area contributed by atoms with Gasteiger partial charge in [0.2, 0.25) is 0 Å². The highest BCUT2D eigenvalue weighted by molar-refractivity contribution is 7.25. The van der Waals surface area contributed by atoms with Gasteiger partial charge < -0.3 is 14.3 Å². The fraction of sp³-hybridized carbons (Fsp3) is 0.238. The van der Waals surface area contributed by atoms with E-state index in [-0.39, 0.29) is 21.7 Å². The predicted octanol–water partition coefficient (Wildman–Crippen LogP) is 16.4. The molecular weight excluding hydrogens is 844 g/mol. The van der Waals surface area contributed by atoms with Crippen LogP contribution in [0.1, 0.15) is 104 Å². The molecule has 0 fully saturated rings. The van der Waals surface area contributed by atoms with Gasteiger partial charge in [0.25, 0.3) is 0 Å². The Balaban J connectivity index is 1.20. The van der Waals surface area contributed by atoms with E-state index in [1.54, 1.807) is 0 Å². The monoisotopic (exact) mass is 900 g/mol. The van der Waals surface area contributed by atoms with E-state index >= 15 is 0 Å². The van der Waals surface area contributed by atoms with Crippen molar-refractivity contribution in [2.24, 2.45) is 0 Å². The lowest BCUT2D eigenvalue weighted by Crippen LogP contribution is -2.38. The average molecular weight is 901 g/mol. The summed E-state index contributed by atoms with van der Waals surface area (Å²) in [7, 11) is 0.804. The van der Waals surface area contributed by atoms with Crippen LogP contribution in [0.5, 0.6) is 0 Å². The van der Waals surface area contributed by atoms with Gasteiger partial charge in [0.15, 0.2) is 7.28 Å². The van der Waals surface area contributed by atoms with Gasteiger partial charge in [-0.1, -0.05) is 160 Å². The van der Waals surface area contributed by atoms with Crippen molar-refractivity contribution in [1.29, 1.82) is 0 Å². The number of benzene rings is 8. The van der Waals surface area contributed by atoms with Crippen LogP contribution < -0.4 is 16.2 Å². The summed E-state index contributed by atoms with van der Waals surface area (Å²) < 4.78 is 12.2. The molecule has 0 bridgehead atoms. The zero-order valence-corrected chi connectivity index (χ0v) is 42.0. The fourth-order valence-electron chi connectivity index (χ4n) is 12.0. The molecule has 0 saturated heterocycles. The standard InChI is InChI=1S/C63H57BN2OS/c1-60(2,3)34-20-24-37(25-21-34)65-47-32-51-41(38-26-22-36(62(7,8)9)29-50(38)67-51)30-43(47)55-54-40-17-12-14-18-45(40)63(10,11)57(54)56-44-28-35(61(4,5)6)23-27-48(44)66-49-33-53-42(31-46(49)64-58(55)59(56)66)39-16-13-15-19-52(39)68-53/h12-33,64-65H,1-11H3. The number of furan rings is 1. The summed E-state index contributed by atoms with van der Waals surface area (Å²) in [5.74, 6) is 0. The van der Waals surface area contributed by atoms with Crippen LogP contribution in [0.15, 0.2) is 138 Å². The van der Waals surface area contributed by atoms with E-state index < -0.39 is 0 Å². The number of anilines is 2. The number of hydrogen-bond acceptors (Lipinski definition) is 3. The maximum Gasteiger partial charge on any atom is 0.198 e. The van der Waals surface area contributed by atoms with Gasteiger partial charge in [-0.25, -0.2) is 0 Å². The summed E-state index contributed by atoms with van der Waals surface area (Å²) in [5, 5.41) is 11.7. The highest BCUT2D eigenvalue weighted by Gasteiger charge is 2.43. The molecule has 0 spiro atoms. The molecule has 2 aliphatic rings. The normalized spacial score (nSPS) is 14.3. The first-order valence-corrected chi connectivity index (χ1v) is 25.3. The van der Waals surface area contributed by atoms with Crippen molar-refractivity contribution in [1.82, 2.24) is 4.57 Å². The van der Waals surface area contributed by atoms with Gasteiger partial charge >= 0.3 is 0 Å². The summed E-state index contributed by atoms with van der Waals surface area (Å²) in [6, 6.07) is 51.2. The van der Waals surface area contributed by atoms with Gasteiger partial charge in [0, 0.05) is 70.3 Å². The van der Waals surface area contributed by atoms with E-state index in [9.17, 15) is 0 Å². The van der Waals surface area contributed by atoms with Gasteiger partial charge in [-0.3, -0.25) is 0 Å². The largest absolute Gasteiger partial charge is 0.456 e. The highest BCUT2D eigenvalue weighted by Crippen LogP contribution is 2.58. The van der Waals surface area contributed by atoms with Crippen LogP contribution in [0.2, 0.25) is 0 Å². The van der Waals surface area contributed by atoms with E-state index in [1.165, 1.54) is 109 Å². The molecule has 1 aliphatic carbocycles. The number of aromatic nitrogens is 1. The van der Waals surface area contributed by atoms with Crippen molar-refractivity contribution in [3.63, 3.8) is 0 Å².